The molecule has 1 saturated heterocycles. The Hall–Kier alpha value is -1.50. The average Bonchev–Trinajstić information content (AvgIpc) is 3.09. The quantitative estimate of drug-likeness (QED) is 0.589. The third kappa shape index (κ3) is 6.04. The number of nitrogens with two attached hydrogens (primary N) is 1. The summed E-state index contributed by atoms with van der Waals surface area (Å²) < 4.78 is 13.0. The molecule has 1 aromatic rings. The highest BCUT2D eigenvalue weighted by atomic mass is 19.1. The van der Waals surface area contributed by atoms with Crippen LogP contribution in [0.2, 0.25) is 0 Å². The Morgan fingerprint density at radius 2 is 1.92 bits per heavy atom. The zero-order valence-corrected chi connectivity index (χ0v) is 16.2. The molecule has 2 unspecified atom stereocenters. The second-order valence-corrected chi connectivity index (χ2v) is 7.70. The lowest BCUT2D eigenvalue weighted by Gasteiger charge is -2.23. The molecule has 0 radical (unpaired) electrons. The fraction of sp³-hybridized carbons (Fsp3) is 0.650. The second-order valence-electron chi connectivity index (χ2n) is 7.70. The zero-order valence-electron chi connectivity index (χ0n) is 16.2. The number of nitrogens with one attached hydrogen (secondary N) is 2. The van der Waals surface area contributed by atoms with Crippen molar-refractivity contribution in [3.8, 4) is 0 Å². The third-order valence-corrected chi connectivity index (χ3v) is 5.18. The first-order valence-corrected chi connectivity index (χ1v) is 9.65. The number of likely N-dealkylation sites (N-methyl/N-ethyl adjacent to an activating group) is 1. The number of halogens is 1. The summed E-state index contributed by atoms with van der Waals surface area (Å²) in [5, 5.41) is 0. The topological polar surface area (TPSA) is 70.4 Å². The standard InChI is InChI=1S/C20H33FN4O/c1-14(2)19(22)20(26)25(3)12-6-4-5-7-17-13-18(24-23-17)15-8-10-16(21)11-9-15/h8-11,14,17-19,23-24H,4-7,12-13,22H2,1-3H3/t17?,18?,19-/m0/s1. The summed E-state index contributed by atoms with van der Waals surface area (Å²) >= 11 is 0. The first-order chi connectivity index (χ1) is 12.4. The molecule has 1 fully saturated rings. The Morgan fingerprint density at radius 1 is 1.23 bits per heavy atom. The molecule has 26 heavy (non-hydrogen) atoms. The van der Waals surface area contributed by atoms with E-state index < -0.39 is 6.04 Å². The van der Waals surface area contributed by atoms with Crippen LogP contribution in [0, 0.1) is 11.7 Å². The Kier molecular flexibility index (Phi) is 8.00. The van der Waals surface area contributed by atoms with Crippen LogP contribution < -0.4 is 16.6 Å². The van der Waals surface area contributed by atoms with E-state index in [1.54, 1.807) is 4.90 Å². The van der Waals surface area contributed by atoms with Gasteiger partial charge in [-0.3, -0.25) is 15.6 Å². The fourth-order valence-corrected chi connectivity index (χ4v) is 3.29. The van der Waals surface area contributed by atoms with Gasteiger partial charge in [0, 0.05) is 25.7 Å². The minimum Gasteiger partial charge on any atom is -0.344 e. The molecular formula is C20H33FN4O. The summed E-state index contributed by atoms with van der Waals surface area (Å²) in [6.45, 7) is 4.70. The summed E-state index contributed by atoms with van der Waals surface area (Å²) in [5.74, 6) is -0.00204. The smallest absolute Gasteiger partial charge is 0.239 e. The van der Waals surface area contributed by atoms with E-state index in [0.29, 0.717) is 6.04 Å². The second kappa shape index (κ2) is 10.00. The maximum atomic E-state index is 13.0. The highest BCUT2D eigenvalue weighted by Crippen LogP contribution is 2.24. The molecule has 0 aliphatic carbocycles. The van der Waals surface area contributed by atoms with Gasteiger partial charge < -0.3 is 10.6 Å². The van der Waals surface area contributed by atoms with Crippen LogP contribution >= 0.6 is 0 Å². The Bertz CT molecular complexity index is 563. The van der Waals surface area contributed by atoms with E-state index in [0.717, 1.165) is 44.2 Å². The molecule has 1 aliphatic rings. The van der Waals surface area contributed by atoms with E-state index in [-0.39, 0.29) is 23.7 Å². The molecule has 5 nitrogen and oxygen atoms in total. The van der Waals surface area contributed by atoms with E-state index in [2.05, 4.69) is 10.9 Å². The van der Waals surface area contributed by atoms with Crippen LogP contribution in [-0.2, 0) is 4.79 Å². The normalized spacial score (nSPS) is 21.2. The molecule has 0 saturated carbocycles. The van der Waals surface area contributed by atoms with Crippen LogP contribution in [0.1, 0.15) is 57.6 Å². The van der Waals surface area contributed by atoms with Gasteiger partial charge in [0.2, 0.25) is 5.91 Å². The van der Waals surface area contributed by atoms with Gasteiger partial charge in [-0.2, -0.15) is 0 Å². The minimum atomic E-state index is -0.405. The van der Waals surface area contributed by atoms with Gasteiger partial charge in [-0.25, -0.2) is 4.39 Å². The van der Waals surface area contributed by atoms with Gasteiger partial charge in [-0.05, 0) is 42.9 Å². The molecule has 146 valence electrons. The number of benzene rings is 1. The van der Waals surface area contributed by atoms with Gasteiger partial charge >= 0.3 is 0 Å². The Balaban J connectivity index is 1.60. The summed E-state index contributed by atoms with van der Waals surface area (Å²) in [6.07, 6.45) is 5.30. The lowest BCUT2D eigenvalue weighted by atomic mass is 9.99. The molecule has 6 heteroatoms. The molecule has 4 N–H and O–H groups in total. The van der Waals surface area contributed by atoms with Gasteiger partial charge in [0.1, 0.15) is 5.82 Å². The lowest BCUT2D eigenvalue weighted by molar-refractivity contribution is -0.132. The summed E-state index contributed by atoms with van der Waals surface area (Å²) in [5.41, 5.74) is 13.7. The highest BCUT2D eigenvalue weighted by molar-refractivity contribution is 5.81. The van der Waals surface area contributed by atoms with Gasteiger partial charge in [0.05, 0.1) is 6.04 Å². The summed E-state index contributed by atoms with van der Waals surface area (Å²) in [7, 11) is 1.83. The van der Waals surface area contributed by atoms with Crippen molar-refractivity contribution in [3.63, 3.8) is 0 Å². The molecule has 1 aromatic carbocycles. The van der Waals surface area contributed by atoms with Crippen molar-refractivity contribution in [3.05, 3.63) is 35.6 Å². The number of rotatable bonds is 9. The molecule has 1 heterocycles. The molecule has 2 rings (SSSR count). The number of nitrogens with zero attached hydrogens (tertiary/aromatic N) is 1. The maximum absolute atomic E-state index is 13.0. The number of hydrogen-bond donors (Lipinski definition) is 3. The molecular weight excluding hydrogens is 331 g/mol. The van der Waals surface area contributed by atoms with E-state index in [9.17, 15) is 9.18 Å². The highest BCUT2D eigenvalue weighted by Gasteiger charge is 2.24. The SMILES string of the molecule is CC(C)[C@H](N)C(=O)N(C)CCCCCC1CC(c2ccc(F)cc2)NN1. The molecule has 0 bridgehead atoms. The predicted molar refractivity (Wildman–Crippen MR) is 103 cm³/mol. The van der Waals surface area contributed by atoms with E-state index in [4.69, 9.17) is 5.73 Å². The lowest BCUT2D eigenvalue weighted by Crippen LogP contribution is -2.45. The van der Waals surface area contributed by atoms with E-state index in [1.807, 2.05) is 33.0 Å². The third-order valence-electron chi connectivity index (χ3n) is 5.18. The van der Waals surface area contributed by atoms with Crippen molar-refractivity contribution in [2.45, 2.75) is 64.1 Å². The number of carbonyl (C=O) groups excluding carboxylic acids is 1. The van der Waals surface area contributed by atoms with Crippen LogP contribution in [0.25, 0.3) is 0 Å². The van der Waals surface area contributed by atoms with Crippen molar-refractivity contribution >= 4 is 5.91 Å². The van der Waals surface area contributed by atoms with Crippen LogP contribution in [0.4, 0.5) is 4.39 Å². The average molecular weight is 365 g/mol. The minimum absolute atomic E-state index is 0.0313. The van der Waals surface area contributed by atoms with Crippen LogP contribution in [0.3, 0.4) is 0 Å². The van der Waals surface area contributed by atoms with Gasteiger partial charge in [0.15, 0.2) is 0 Å². The number of carbonyl (C=O) groups is 1. The molecule has 1 amide bonds. The molecule has 1 aliphatic heterocycles. The monoisotopic (exact) mass is 364 g/mol. The van der Waals surface area contributed by atoms with Crippen molar-refractivity contribution in [1.29, 1.82) is 0 Å². The predicted octanol–water partition coefficient (Wildman–Crippen LogP) is 2.74. The summed E-state index contributed by atoms with van der Waals surface area (Å²) in [6, 6.07) is 6.95. The molecule has 3 atom stereocenters. The largest absolute Gasteiger partial charge is 0.344 e. The Labute approximate surface area is 156 Å². The van der Waals surface area contributed by atoms with Crippen molar-refractivity contribution in [2.75, 3.05) is 13.6 Å². The number of hydrogen-bond acceptors (Lipinski definition) is 4. The van der Waals surface area contributed by atoms with Crippen LogP contribution in [-0.4, -0.2) is 36.5 Å². The van der Waals surface area contributed by atoms with Crippen LogP contribution in [0.5, 0.6) is 0 Å². The Morgan fingerprint density at radius 3 is 2.58 bits per heavy atom. The van der Waals surface area contributed by atoms with Crippen molar-refractivity contribution < 1.29 is 9.18 Å². The van der Waals surface area contributed by atoms with Crippen LogP contribution in [0.15, 0.2) is 24.3 Å². The number of hydrazine groups is 1. The molecule has 0 spiro atoms. The van der Waals surface area contributed by atoms with E-state index in [1.165, 1.54) is 12.1 Å². The fourth-order valence-electron chi connectivity index (χ4n) is 3.29. The molecule has 0 aromatic heterocycles. The number of unbranched alkanes of at least 4 members (excludes halogenated alkanes) is 2. The van der Waals surface area contributed by atoms with Crippen molar-refractivity contribution in [2.24, 2.45) is 11.7 Å². The van der Waals surface area contributed by atoms with Gasteiger partial charge in [-0.15, -0.1) is 0 Å². The number of amides is 1. The summed E-state index contributed by atoms with van der Waals surface area (Å²) in [4.78, 5) is 13.9. The zero-order chi connectivity index (χ0) is 19.1. The van der Waals surface area contributed by atoms with Gasteiger partial charge in [0.25, 0.3) is 0 Å². The van der Waals surface area contributed by atoms with Gasteiger partial charge in [-0.1, -0.05) is 38.8 Å². The first-order valence-electron chi connectivity index (χ1n) is 9.65. The van der Waals surface area contributed by atoms with Crippen molar-refractivity contribution in [1.82, 2.24) is 15.8 Å². The van der Waals surface area contributed by atoms with E-state index >= 15 is 0 Å². The first kappa shape index (κ1) is 20.8. The maximum Gasteiger partial charge on any atom is 0.239 e.